The third kappa shape index (κ3) is 4.11. The molecule has 8 nitrogen and oxygen atoms in total. The summed E-state index contributed by atoms with van der Waals surface area (Å²) >= 11 is 0. The molecule has 0 aliphatic carbocycles. The first-order valence-corrected chi connectivity index (χ1v) is 6.92. The fraction of sp³-hybridized carbons (Fsp3) is 0.357. The van der Waals surface area contributed by atoms with E-state index in [0.717, 1.165) is 11.3 Å². The molecule has 0 spiro atoms. The second kappa shape index (κ2) is 7.30. The quantitative estimate of drug-likeness (QED) is 0.800. The Hall–Kier alpha value is -2.77. The van der Waals surface area contributed by atoms with Crippen molar-refractivity contribution in [3.8, 4) is 5.69 Å². The molecule has 0 saturated heterocycles. The summed E-state index contributed by atoms with van der Waals surface area (Å²) in [6, 6.07) is 7.32. The van der Waals surface area contributed by atoms with E-state index in [1.54, 1.807) is 4.90 Å². The van der Waals surface area contributed by atoms with Gasteiger partial charge in [0.1, 0.15) is 6.33 Å². The van der Waals surface area contributed by atoms with Gasteiger partial charge in [0.15, 0.2) is 0 Å². The summed E-state index contributed by atoms with van der Waals surface area (Å²) in [6.45, 7) is 2.56. The Bertz CT molecular complexity index is 624. The number of carbonyl (C=O) groups excluding carboxylic acids is 1. The largest absolute Gasteiger partial charge is 0.481 e. The number of aliphatic carboxylic acids is 1. The standard InChI is InChI=1S/C14H17N5O3/c1-2-18(8-7-14(21)22)13(20)9-11-3-5-12(6-4-11)19-10-15-16-17-19/h3-6,10H,2,7-9H2,1H3,(H,21,22). The normalized spacial score (nSPS) is 10.4. The van der Waals surface area contributed by atoms with E-state index in [4.69, 9.17) is 5.11 Å². The summed E-state index contributed by atoms with van der Waals surface area (Å²) in [6.07, 6.45) is 1.69. The Balaban J connectivity index is 1.97. The summed E-state index contributed by atoms with van der Waals surface area (Å²) in [7, 11) is 0. The number of amides is 1. The van der Waals surface area contributed by atoms with Gasteiger partial charge in [0, 0.05) is 13.1 Å². The minimum atomic E-state index is -0.906. The lowest BCUT2D eigenvalue weighted by Crippen LogP contribution is -2.34. The molecule has 0 unspecified atom stereocenters. The van der Waals surface area contributed by atoms with Crippen LogP contribution < -0.4 is 0 Å². The molecule has 0 atom stereocenters. The SMILES string of the molecule is CCN(CCC(=O)O)C(=O)Cc1ccc(-n2cnnn2)cc1. The first-order chi connectivity index (χ1) is 10.6. The van der Waals surface area contributed by atoms with E-state index in [1.807, 2.05) is 31.2 Å². The molecule has 1 N–H and O–H groups in total. The second-order valence-electron chi connectivity index (χ2n) is 4.71. The average molecular weight is 303 g/mol. The first-order valence-electron chi connectivity index (χ1n) is 6.92. The molecule has 22 heavy (non-hydrogen) atoms. The average Bonchev–Trinajstić information content (AvgIpc) is 3.02. The highest BCUT2D eigenvalue weighted by molar-refractivity contribution is 5.79. The van der Waals surface area contributed by atoms with E-state index in [1.165, 1.54) is 11.0 Å². The molecule has 0 fully saturated rings. The van der Waals surface area contributed by atoms with E-state index in [2.05, 4.69) is 15.5 Å². The van der Waals surface area contributed by atoms with Gasteiger partial charge in [-0.1, -0.05) is 12.1 Å². The molecule has 2 rings (SSSR count). The molecule has 0 aliphatic heterocycles. The number of tetrazole rings is 1. The van der Waals surface area contributed by atoms with Gasteiger partial charge in [0.25, 0.3) is 0 Å². The number of hydrogen-bond acceptors (Lipinski definition) is 5. The van der Waals surface area contributed by atoms with Gasteiger partial charge < -0.3 is 10.0 Å². The van der Waals surface area contributed by atoms with Crippen molar-refractivity contribution in [3.05, 3.63) is 36.2 Å². The van der Waals surface area contributed by atoms with Crippen LogP contribution in [0.2, 0.25) is 0 Å². The Labute approximate surface area is 127 Å². The van der Waals surface area contributed by atoms with Crippen LogP contribution in [0, 0.1) is 0 Å². The van der Waals surface area contributed by atoms with Gasteiger partial charge >= 0.3 is 5.97 Å². The molecule has 1 amide bonds. The van der Waals surface area contributed by atoms with Crippen LogP contribution >= 0.6 is 0 Å². The topological polar surface area (TPSA) is 101 Å². The zero-order valence-electron chi connectivity index (χ0n) is 12.2. The van der Waals surface area contributed by atoms with Crippen molar-refractivity contribution in [1.82, 2.24) is 25.1 Å². The lowest BCUT2D eigenvalue weighted by molar-refractivity contribution is -0.138. The summed E-state index contributed by atoms with van der Waals surface area (Å²) in [4.78, 5) is 24.3. The zero-order chi connectivity index (χ0) is 15.9. The Morgan fingerprint density at radius 2 is 2.00 bits per heavy atom. The molecule has 0 saturated carbocycles. The van der Waals surface area contributed by atoms with Gasteiger partial charge in [0.2, 0.25) is 5.91 Å². The molecule has 116 valence electrons. The van der Waals surface area contributed by atoms with Crippen LogP contribution in [0.4, 0.5) is 0 Å². The Kier molecular flexibility index (Phi) is 5.18. The third-order valence-corrected chi connectivity index (χ3v) is 3.24. The van der Waals surface area contributed by atoms with Crippen molar-refractivity contribution in [3.63, 3.8) is 0 Å². The molecule has 1 aromatic heterocycles. The molecule has 0 bridgehead atoms. The molecule has 2 aromatic rings. The number of aromatic nitrogens is 4. The molecule has 0 radical (unpaired) electrons. The fourth-order valence-electron chi connectivity index (χ4n) is 2.02. The summed E-state index contributed by atoms with van der Waals surface area (Å²) in [5, 5.41) is 19.6. The summed E-state index contributed by atoms with van der Waals surface area (Å²) in [5.74, 6) is -0.990. The van der Waals surface area contributed by atoms with E-state index in [-0.39, 0.29) is 25.3 Å². The number of carboxylic acids is 1. The van der Waals surface area contributed by atoms with Crippen molar-refractivity contribution >= 4 is 11.9 Å². The van der Waals surface area contributed by atoms with Gasteiger partial charge in [-0.05, 0) is 35.0 Å². The predicted octanol–water partition coefficient (Wildman–Crippen LogP) is 0.528. The smallest absolute Gasteiger partial charge is 0.305 e. The van der Waals surface area contributed by atoms with E-state index >= 15 is 0 Å². The van der Waals surface area contributed by atoms with Gasteiger partial charge in [-0.3, -0.25) is 9.59 Å². The lowest BCUT2D eigenvalue weighted by Gasteiger charge is -2.20. The predicted molar refractivity (Wildman–Crippen MR) is 77.4 cm³/mol. The van der Waals surface area contributed by atoms with Crippen molar-refractivity contribution < 1.29 is 14.7 Å². The van der Waals surface area contributed by atoms with Crippen LogP contribution in [-0.2, 0) is 16.0 Å². The van der Waals surface area contributed by atoms with Crippen LogP contribution in [0.3, 0.4) is 0 Å². The zero-order valence-corrected chi connectivity index (χ0v) is 12.2. The van der Waals surface area contributed by atoms with Crippen molar-refractivity contribution in [2.45, 2.75) is 19.8 Å². The van der Waals surface area contributed by atoms with E-state index in [9.17, 15) is 9.59 Å². The number of hydrogen-bond donors (Lipinski definition) is 1. The van der Waals surface area contributed by atoms with E-state index < -0.39 is 5.97 Å². The maximum absolute atomic E-state index is 12.2. The van der Waals surface area contributed by atoms with Gasteiger partial charge in [-0.2, -0.15) is 0 Å². The summed E-state index contributed by atoms with van der Waals surface area (Å²) < 4.78 is 1.52. The number of rotatable bonds is 7. The van der Waals surface area contributed by atoms with Gasteiger partial charge in [-0.15, -0.1) is 5.10 Å². The number of nitrogens with zero attached hydrogens (tertiary/aromatic N) is 5. The van der Waals surface area contributed by atoms with Crippen LogP contribution in [0.15, 0.2) is 30.6 Å². The molecule has 8 heteroatoms. The van der Waals surface area contributed by atoms with Crippen molar-refractivity contribution in [1.29, 1.82) is 0 Å². The van der Waals surface area contributed by atoms with Gasteiger partial charge in [0.05, 0.1) is 18.5 Å². The Morgan fingerprint density at radius 3 is 2.55 bits per heavy atom. The maximum Gasteiger partial charge on any atom is 0.305 e. The first kappa shape index (κ1) is 15.6. The highest BCUT2D eigenvalue weighted by Gasteiger charge is 2.13. The van der Waals surface area contributed by atoms with Gasteiger partial charge in [-0.25, -0.2) is 4.68 Å². The van der Waals surface area contributed by atoms with E-state index in [0.29, 0.717) is 6.54 Å². The minimum absolute atomic E-state index is 0.0438. The highest BCUT2D eigenvalue weighted by atomic mass is 16.4. The second-order valence-corrected chi connectivity index (χ2v) is 4.71. The summed E-state index contributed by atoms with van der Waals surface area (Å²) in [5.41, 5.74) is 1.66. The molecule has 1 heterocycles. The molecular formula is C14H17N5O3. The number of benzene rings is 1. The molecular weight excluding hydrogens is 286 g/mol. The molecule has 0 aliphatic rings. The van der Waals surface area contributed by atoms with Crippen LogP contribution in [-0.4, -0.2) is 55.2 Å². The monoisotopic (exact) mass is 303 g/mol. The fourth-order valence-corrected chi connectivity index (χ4v) is 2.02. The number of carboxylic acid groups (broad SMARTS) is 1. The minimum Gasteiger partial charge on any atom is -0.481 e. The lowest BCUT2D eigenvalue weighted by atomic mass is 10.1. The highest BCUT2D eigenvalue weighted by Crippen LogP contribution is 2.09. The van der Waals surface area contributed by atoms with Crippen LogP contribution in [0.5, 0.6) is 0 Å². The third-order valence-electron chi connectivity index (χ3n) is 3.24. The van der Waals surface area contributed by atoms with Crippen molar-refractivity contribution in [2.24, 2.45) is 0 Å². The van der Waals surface area contributed by atoms with Crippen LogP contribution in [0.25, 0.3) is 5.69 Å². The Morgan fingerprint density at radius 1 is 1.27 bits per heavy atom. The van der Waals surface area contributed by atoms with Crippen molar-refractivity contribution in [2.75, 3.05) is 13.1 Å². The number of likely N-dealkylation sites (N-methyl/N-ethyl adjacent to an activating group) is 1. The number of carbonyl (C=O) groups is 2. The molecule has 1 aromatic carbocycles. The van der Waals surface area contributed by atoms with Crippen LogP contribution in [0.1, 0.15) is 18.9 Å². The maximum atomic E-state index is 12.2.